The Morgan fingerprint density at radius 2 is 1.65 bits per heavy atom. The summed E-state index contributed by atoms with van der Waals surface area (Å²) in [6.45, 7) is 3.12. The number of nitrogens with zero attached hydrogens (tertiary/aromatic N) is 2. The molecule has 2 amide bonds. The fourth-order valence-corrected chi connectivity index (χ4v) is 3.89. The first kappa shape index (κ1) is 25.0. The van der Waals surface area contributed by atoms with E-state index in [9.17, 15) is 14.4 Å². The van der Waals surface area contributed by atoms with Gasteiger partial charge in [-0.3, -0.25) is 9.59 Å². The summed E-state index contributed by atoms with van der Waals surface area (Å²) in [7, 11) is 3.47. The number of carbonyl (C=O) groups is 3. The molecule has 0 aromatic heterocycles. The van der Waals surface area contributed by atoms with Crippen LogP contribution in [-0.2, 0) is 14.3 Å². The van der Waals surface area contributed by atoms with Gasteiger partial charge in [-0.05, 0) is 69.2 Å². The largest absolute Gasteiger partial charge is 0.466 e. The zero-order chi connectivity index (χ0) is 22.8. The van der Waals surface area contributed by atoms with Crippen molar-refractivity contribution in [2.75, 3.05) is 33.8 Å². The number of hydrogen-bond donors (Lipinski definition) is 0. The van der Waals surface area contributed by atoms with E-state index in [1.165, 1.54) is 0 Å². The number of hydrogen-bond acceptors (Lipinski definition) is 5. The molecule has 0 atom stereocenters. The lowest BCUT2D eigenvalue weighted by Crippen LogP contribution is -2.37. The maximum absolute atomic E-state index is 12.6. The summed E-state index contributed by atoms with van der Waals surface area (Å²) in [5.74, 6) is 0.791. The highest BCUT2D eigenvalue weighted by Crippen LogP contribution is 2.32. The van der Waals surface area contributed by atoms with Crippen molar-refractivity contribution < 1.29 is 23.9 Å². The quantitative estimate of drug-likeness (QED) is 0.520. The van der Waals surface area contributed by atoms with Crippen molar-refractivity contribution in [2.45, 2.75) is 45.4 Å². The second-order valence-electron chi connectivity index (χ2n) is 8.06. The standard InChI is InChI=1S/C23H33ClN2O5/c1-4-30-21(27)14-16-25(2)22(28)18-7-5-17(6-8-18)13-15-26(3)23(29)31-20-11-9-19(24)10-12-20/h9-12,17-18H,4-8,13-16H2,1-3H3. The van der Waals surface area contributed by atoms with E-state index in [2.05, 4.69) is 0 Å². The molecule has 1 aromatic rings. The van der Waals surface area contributed by atoms with Gasteiger partial charge in [0.25, 0.3) is 0 Å². The molecule has 0 saturated heterocycles. The van der Waals surface area contributed by atoms with Gasteiger partial charge in [0.05, 0.1) is 13.0 Å². The summed E-state index contributed by atoms with van der Waals surface area (Å²) < 4.78 is 10.3. The van der Waals surface area contributed by atoms with E-state index in [1.54, 1.807) is 55.1 Å². The Balaban J connectivity index is 1.67. The highest BCUT2D eigenvalue weighted by atomic mass is 35.5. The van der Waals surface area contributed by atoms with Gasteiger partial charge in [0.15, 0.2) is 0 Å². The Bertz CT molecular complexity index is 732. The Morgan fingerprint density at radius 1 is 1.00 bits per heavy atom. The molecule has 1 aromatic carbocycles. The van der Waals surface area contributed by atoms with E-state index < -0.39 is 6.09 Å². The molecule has 172 valence electrons. The van der Waals surface area contributed by atoms with E-state index in [0.717, 1.165) is 32.1 Å². The van der Waals surface area contributed by atoms with Crippen molar-refractivity contribution in [3.63, 3.8) is 0 Å². The van der Waals surface area contributed by atoms with Gasteiger partial charge in [-0.15, -0.1) is 0 Å². The lowest BCUT2D eigenvalue weighted by Gasteiger charge is -2.31. The number of carbonyl (C=O) groups excluding carboxylic acids is 3. The molecule has 0 radical (unpaired) electrons. The van der Waals surface area contributed by atoms with Gasteiger partial charge in [-0.2, -0.15) is 0 Å². The number of halogens is 1. The van der Waals surface area contributed by atoms with Gasteiger partial charge in [0.2, 0.25) is 5.91 Å². The molecule has 0 aliphatic heterocycles. The lowest BCUT2D eigenvalue weighted by atomic mass is 9.80. The van der Waals surface area contributed by atoms with Gasteiger partial charge in [-0.1, -0.05) is 11.6 Å². The number of amides is 2. The Labute approximate surface area is 189 Å². The maximum Gasteiger partial charge on any atom is 0.414 e. The minimum atomic E-state index is -0.394. The van der Waals surface area contributed by atoms with Gasteiger partial charge in [0.1, 0.15) is 5.75 Å². The van der Waals surface area contributed by atoms with Gasteiger partial charge in [0, 0.05) is 38.1 Å². The summed E-state index contributed by atoms with van der Waals surface area (Å²) in [5, 5.41) is 0.590. The minimum Gasteiger partial charge on any atom is -0.466 e. The molecule has 0 spiro atoms. The molecular weight excluding hydrogens is 420 g/mol. The SMILES string of the molecule is CCOC(=O)CCN(C)C(=O)C1CCC(CCN(C)C(=O)Oc2ccc(Cl)cc2)CC1. The fraction of sp³-hybridized carbons (Fsp3) is 0.609. The second-order valence-corrected chi connectivity index (χ2v) is 8.50. The first-order chi connectivity index (χ1) is 14.8. The molecule has 0 bridgehead atoms. The van der Waals surface area contributed by atoms with Gasteiger partial charge >= 0.3 is 12.1 Å². The molecule has 2 rings (SSSR count). The first-order valence-electron chi connectivity index (χ1n) is 10.9. The summed E-state index contributed by atoms with van der Waals surface area (Å²) in [4.78, 5) is 39.5. The van der Waals surface area contributed by atoms with Crippen LogP contribution < -0.4 is 4.74 Å². The molecular formula is C23H33ClN2O5. The maximum atomic E-state index is 12.6. The van der Waals surface area contributed by atoms with Crippen LogP contribution >= 0.6 is 11.6 Å². The van der Waals surface area contributed by atoms with E-state index in [-0.39, 0.29) is 24.2 Å². The molecule has 31 heavy (non-hydrogen) atoms. The lowest BCUT2D eigenvalue weighted by molar-refractivity contribution is -0.144. The van der Waals surface area contributed by atoms with Crippen LogP contribution in [-0.4, -0.2) is 61.6 Å². The van der Waals surface area contributed by atoms with Crippen LogP contribution in [0.25, 0.3) is 0 Å². The van der Waals surface area contributed by atoms with Crippen LogP contribution in [0.15, 0.2) is 24.3 Å². The summed E-state index contributed by atoms with van der Waals surface area (Å²) >= 11 is 5.84. The number of ether oxygens (including phenoxy) is 2. The zero-order valence-electron chi connectivity index (χ0n) is 18.6. The monoisotopic (exact) mass is 452 g/mol. The van der Waals surface area contributed by atoms with Crippen molar-refractivity contribution in [3.05, 3.63) is 29.3 Å². The van der Waals surface area contributed by atoms with Crippen molar-refractivity contribution in [3.8, 4) is 5.75 Å². The summed E-state index contributed by atoms with van der Waals surface area (Å²) in [6.07, 6.45) is 4.31. The van der Waals surface area contributed by atoms with Crippen LogP contribution in [0.4, 0.5) is 4.79 Å². The highest BCUT2D eigenvalue weighted by Gasteiger charge is 2.28. The molecule has 1 aliphatic carbocycles. The zero-order valence-corrected chi connectivity index (χ0v) is 19.4. The predicted molar refractivity (Wildman–Crippen MR) is 119 cm³/mol. The fourth-order valence-electron chi connectivity index (χ4n) is 3.76. The minimum absolute atomic E-state index is 0.0102. The van der Waals surface area contributed by atoms with Crippen LogP contribution in [0.5, 0.6) is 5.75 Å². The van der Waals surface area contributed by atoms with Gasteiger partial charge < -0.3 is 19.3 Å². The highest BCUT2D eigenvalue weighted by molar-refractivity contribution is 6.30. The van der Waals surface area contributed by atoms with Crippen molar-refractivity contribution in [1.29, 1.82) is 0 Å². The van der Waals surface area contributed by atoms with Crippen molar-refractivity contribution in [2.24, 2.45) is 11.8 Å². The van der Waals surface area contributed by atoms with Crippen molar-refractivity contribution >= 4 is 29.6 Å². The molecule has 0 unspecified atom stereocenters. The van der Waals surface area contributed by atoms with Crippen LogP contribution in [0.1, 0.15) is 45.4 Å². The molecule has 7 nitrogen and oxygen atoms in total. The molecule has 1 saturated carbocycles. The van der Waals surface area contributed by atoms with Crippen LogP contribution in [0.2, 0.25) is 5.02 Å². The molecule has 0 heterocycles. The van der Waals surface area contributed by atoms with Crippen LogP contribution in [0, 0.1) is 11.8 Å². The predicted octanol–water partition coefficient (Wildman–Crippen LogP) is 4.38. The van der Waals surface area contributed by atoms with E-state index in [4.69, 9.17) is 21.1 Å². The molecule has 1 fully saturated rings. The average Bonchev–Trinajstić information content (AvgIpc) is 2.77. The van der Waals surface area contributed by atoms with E-state index in [1.807, 2.05) is 0 Å². The van der Waals surface area contributed by atoms with Gasteiger partial charge in [-0.25, -0.2) is 4.79 Å². The van der Waals surface area contributed by atoms with Crippen LogP contribution in [0.3, 0.4) is 0 Å². The number of benzene rings is 1. The topological polar surface area (TPSA) is 76.2 Å². The third-order valence-electron chi connectivity index (χ3n) is 5.73. The Hall–Kier alpha value is -2.28. The number of rotatable bonds is 9. The smallest absolute Gasteiger partial charge is 0.414 e. The van der Waals surface area contributed by atoms with E-state index >= 15 is 0 Å². The summed E-state index contributed by atoms with van der Waals surface area (Å²) in [5.41, 5.74) is 0. The first-order valence-corrected chi connectivity index (χ1v) is 11.3. The number of esters is 1. The Kier molecular flexibility index (Phi) is 10.1. The average molecular weight is 453 g/mol. The molecule has 1 aliphatic rings. The normalized spacial score (nSPS) is 18.2. The molecule has 8 heteroatoms. The Morgan fingerprint density at radius 3 is 2.26 bits per heavy atom. The van der Waals surface area contributed by atoms with Crippen molar-refractivity contribution in [1.82, 2.24) is 9.80 Å². The third kappa shape index (κ3) is 8.40. The molecule has 0 N–H and O–H groups in total. The summed E-state index contributed by atoms with van der Waals surface area (Å²) in [6, 6.07) is 6.68. The van der Waals surface area contributed by atoms with E-state index in [0.29, 0.717) is 36.4 Å². The second kappa shape index (κ2) is 12.5. The third-order valence-corrected chi connectivity index (χ3v) is 5.98.